The van der Waals surface area contributed by atoms with Gasteiger partial charge in [-0.05, 0) is 17.7 Å². The molecule has 0 bridgehead atoms. The fourth-order valence-corrected chi connectivity index (χ4v) is 2.83. The topological polar surface area (TPSA) is 58.2 Å². The van der Waals surface area contributed by atoms with Crippen molar-refractivity contribution in [1.82, 2.24) is 14.9 Å². The van der Waals surface area contributed by atoms with Gasteiger partial charge in [0.2, 0.25) is 5.91 Å². The summed E-state index contributed by atoms with van der Waals surface area (Å²) in [6, 6.07) is 7.98. The zero-order valence-corrected chi connectivity index (χ0v) is 12.3. The van der Waals surface area contributed by atoms with Crippen LogP contribution in [-0.4, -0.2) is 34.4 Å². The maximum Gasteiger partial charge on any atom is 0.222 e. The number of imidazole rings is 1. The Bertz CT molecular complexity index is 633. The highest BCUT2D eigenvalue weighted by Crippen LogP contribution is 2.32. The van der Waals surface area contributed by atoms with Crippen molar-refractivity contribution in [3.63, 3.8) is 0 Å². The number of carbonyl (C=O) groups is 1. The Balaban J connectivity index is 1.94. The quantitative estimate of drug-likeness (QED) is 0.941. The number of amides is 1. The summed E-state index contributed by atoms with van der Waals surface area (Å²) in [5.74, 6) is 1.12. The molecule has 0 saturated carbocycles. The minimum atomic E-state index is 0.112. The van der Waals surface area contributed by atoms with Crippen LogP contribution in [0.2, 0.25) is 0 Å². The van der Waals surface area contributed by atoms with Crippen molar-refractivity contribution in [1.29, 1.82) is 0 Å². The van der Waals surface area contributed by atoms with E-state index in [9.17, 15) is 4.79 Å². The smallest absolute Gasteiger partial charge is 0.222 e. The lowest BCUT2D eigenvalue weighted by atomic mass is 9.90. The number of benzene rings is 1. The lowest BCUT2D eigenvalue weighted by Gasteiger charge is -2.32. The van der Waals surface area contributed by atoms with Crippen LogP contribution in [0.3, 0.4) is 0 Å². The minimum absolute atomic E-state index is 0.112. The Morgan fingerprint density at radius 3 is 2.86 bits per heavy atom. The summed E-state index contributed by atoms with van der Waals surface area (Å²) in [7, 11) is 1.66. The molecule has 0 fully saturated rings. The van der Waals surface area contributed by atoms with Crippen LogP contribution in [0.5, 0.6) is 5.75 Å². The zero-order valence-electron chi connectivity index (χ0n) is 12.3. The van der Waals surface area contributed by atoms with Gasteiger partial charge in [-0.15, -0.1) is 0 Å². The average molecular weight is 285 g/mol. The molecule has 1 atom stereocenters. The number of aromatic amines is 1. The highest BCUT2D eigenvalue weighted by atomic mass is 16.5. The number of nitrogens with zero attached hydrogens (tertiary/aromatic N) is 2. The molecule has 3 rings (SSSR count). The molecule has 1 aromatic heterocycles. The van der Waals surface area contributed by atoms with Crippen molar-refractivity contribution < 1.29 is 9.53 Å². The molecule has 1 unspecified atom stereocenters. The van der Waals surface area contributed by atoms with Gasteiger partial charge in [-0.2, -0.15) is 0 Å². The molecule has 1 aliphatic rings. The van der Waals surface area contributed by atoms with Crippen LogP contribution in [0.1, 0.15) is 36.2 Å². The van der Waals surface area contributed by atoms with E-state index in [-0.39, 0.29) is 11.8 Å². The number of nitrogens with one attached hydrogen (secondary N) is 1. The van der Waals surface area contributed by atoms with Crippen molar-refractivity contribution in [3.8, 4) is 5.75 Å². The Hall–Kier alpha value is -2.30. The van der Waals surface area contributed by atoms with Gasteiger partial charge >= 0.3 is 0 Å². The molecule has 0 aliphatic carbocycles. The van der Waals surface area contributed by atoms with Gasteiger partial charge in [0, 0.05) is 18.9 Å². The summed E-state index contributed by atoms with van der Waals surface area (Å²) in [5, 5.41) is 0. The molecule has 0 radical (unpaired) electrons. The highest BCUT2D eigenvalue weighted by molar-refractivity contribution is 5.76. The van der Waals surface area contributed by atoms with E-state index < -0.39 is 0 Å². The van der Waals surface area contributed by atoms with Crippen LogP contribution in [0.4, 0.5) is 0 Å². The van der Waals surface area contributed by atoms with Gasteiger partial charge in [0.05, 0.1) is 31.4 Å². The van der Waals surface area contributed by atoms with Gasteiger partial charge in [-0.1, -0.05) is 19.1 Å². The molecule has 1 aliphatic heterocycles. The minimum Gasteiger partial charge on any atom is -0.497 e. The summed E-state index contributed by atoms with van der Waals surface area (Å²) in [5.41, 5.74) is 3.22. The van der Waals surface area contributed by atoms with Gasteiger partial charge in [0.1, 0.15) is 5.75 Å². The second-order valence-corrected chi connectivity index (χ2v) is 5.22. The first-order chi connectivity index (χ1) is 10.2. The third-order valence-electron chi connectivity index (χ3n) is 4.01. The van der Waals surface area contributed by atoms with E-state index in [0.29, 0.717) is 19.5 Å². The van der Waals surface area contributed by atoms with E-state index in [4.69, 9.17) is 4.74 Å². The fraction of sp³-hybridized carbons (Fsp3) is 0.375. The maximum atomic E-state index is 12.0. The third kappa shape index (κ3) is 2.51. The van der Waals surface area contributed by atoms with Gasteiger partial charge < -0.3 is 14.6 Å². The van der Waals surface area contributed by atoms with Gasteiger partial charge in [0.25, 0.3) is 0 Å². The van der Waals surface area contributed by atoms with Crippen molar-refractivity contribution >= 4 is 5.91 Å². The first-order valence-electron chi connectivity index (χ1n) is 7.16. The average Bonchev–Trinajstić information content (AvgIpc) is 3.01. The van der Waals surface area contributed by atoms with E-state index in [1.165, 1.54) is 0 Å². The monoisotopic (exact) mass is 285 g/mol. The van der Waals surface area contributed by atoms with Gasteiger partial charge in [-0.3, -0.25) is 4.79 Å². The lowest BCUT2D eigenvalue weighted by molar-refractivity contribution is -0.132. The molecule has 1 N–H and O–H groups in total. The predicted molar refractivity (Wildman–Crippen MR) is 79.1 cm³/mol. The van der Waals surface area contributed by atoms with Crippen molar-refractivity contribution in [2.24, 2.45) is 0 Å². The first-order valence-corrected chi connectivity index (χ1v) is 7.16. The summed E-state index contributed by atoms with van der Waals surface area (Å²) in [4.78, 5) is 21.6. The Morgan fingerprint density at radius 2 is 2.19 bits per heavy atom. The molecule has 5 heteroatoms. The molecule has 21 heavy (non-hydrogen) atoms. The number of fused-ring (bicyclic) bond motifs is 1. The molecular weight excluding hydrogens is 266 g/mol. The molecule has 0 spiro atoms. The number of ether oxygens (including phenoxy) is 1. The normalized spacial score (nSPS) is 17.4. The Morgan fingerprint density at radius 1 is 1.43 bits per heavy atom. The SMILES string of the molecule is CCC(=O)N1Cc2[nH]cnc2C(c2ccc(OC)cc2)C1. The fourth-order valence-electron chi connectivity index (χ4n) is 2.83. The molecular formula is C16H19N3O2. The maximum absolute atomic E-state index is 12.0. The molecule has 1 amide bonds. The van der Waals surface area contributed by atoms with Crippen LogP contribution >= 0.6 is 0 Å². The molecule has 5 nitrogen and oxygen atoms in total. The van der Waals surface area contributed by atoms with Crippen molar-refractivity contribution in [2.75, 3.05) is 13.7 Å². The molecule has 0 saturated heterocycles. The Kier molecular flexibility index (Phi) is 3.64. The van der Waals surface area contributed by atoms with Crippen LogP contribution < -0.4 is 4.74 Å². The molecule has 110 valence electrons. The number of aromatic nitrogens is 2. The number of hydrogen-bond donors (Lipinski definition) is 1. The summed E-state index contributed by atoms with van der Waals surface area (Å²) < 4.78 is 5.20. The standard InChI is InChI=1S/C16H19N3O2/c1-3-15(20)19-8-13(16-14(9-19)17-10-18-16)11-4-6-12(21-2)7-5-11/h4-7,10,13H,3,8-9H2,1-2H3,(H,17,18). The van der Waals surface area contributed by atoms with Crippen LogP contribution in [0.25, 0.3) is 0 Å². The predicted octanol–water partition coefficient (Wildman–Crippen LogP) is 2.30. The summed E-state index contributed by atoms with van der Waals surface area (Å²) >= 11 is 0. The van der Waals surface area contributed by atoms with Gasteiger partial charge in [0.15, 0.2) is 0 Å². The Labute approximate surface area is 124 Å². The zero-order chi connectivity index (χ0) is 14.8. The third-order valence-corrected chi connectivity index (χ3v) is 4.01. The van der Waals surface area contributed by atoms with E-state index in [0.717, 1.165) is 22.7 Å². The van der Waals surface area contributed by atoms with E-state index in [1.54, 1.807) is 13.4 Å². The molecule has 2 aromatic rings. The first kappa shape index (κ1) is 13.7. The van der Waals surface area contributed by atoms with Crippen LogP contribution in [0.15, 0.2) is 30.6 Å². The highest BCUT2D eigenvalue weighted by Gasteiger charge is 2.30. The van der Waals surface area contributed by atoms with E-state index in [2.05, 4.69) is 9.97 Å². The molecule has 2 heterocycles. The van der Waals surface area contributed by atoms with Crippen molar-refractivity contribution in [3.05, 3.63) is 47.5 Å². The van der Waals surface area contributed by atoms with Gasteiger partial charge in [-0.25, -0.2) is 4.98 Å². The summed E-state index contributed by atoms with van der Waals surface area (Å²) in [6.07, 6.45) is 2.24. The van der Waals surface area contributed by atoms with Crippen LogP contribution in [0, 0.1) is 0 Å². The van der Waals surface area contributed by atoms with Crippen LogP contribution in [-0.2, 0) is 11.3 Å². The number of rotatable bonds is 3. The van der Waals surface area contributed by atoms with E-state index in [1.807, 2.05) is 36.1 Å². The lowest BCUT2D eigenvalue weighted by Crippen LogP contribution is -2.38. The van der Waals surface area contributed by atoms with E-state index >= 15 is 0 Å². The second kappa shape index (κ2) is 5.60. The second-order valence-electron chi connectivity index (χ2n) is 5.22. The number of carbonyl (C=O) groups excluding carboxylic acids is 1. The number of hydrogen-bond acceptors (Lipinski definition) is 3. The largest absolute Gasteiger partial charge is 0.497 e. The number of H-pyrrole nitrogens is 1. The van der Waals surface area contributed by atoms with Crippen molar-refractivity contribution in [2.45, 2.75) is 25.8 Å². The number of methoxy groups -OCH3 is 1. The molecule has 1 aromatic carbocycles. The summed E-state index contributed by atoms with van der Waals surface area (Å²) in [6.45, 7) is 3.19.